The SMILES string of the molecule is O=S(=O)(c1ccc(Br)cc1)N1CCN(C23CC4CC(CC(C4)C2)C3)CC1. The Balaban J connectivity index is 1.30. The van der Waals surface area contributed by atoms with Crippen LogP contribution in [0.25, 0.3) is 0 Å². The maximum atomic E-state index is 12.9. The molecule has 6 heteroatoms. The number of halogens is 1. The van der Waals surface area contributed by atoms with Gasteiger partial charge in [0.05, 0.1) is 4.90 Å². The van der Waals surface area contributed by atoms with Crippen LogP contribution in [-0.4, -0.2) is 49.3 Å². The Hall–Kier alpha value is -0.430. The van der Waals surface area contributed by atoms with Crippen molar-refractivity contribution in [2.45, 2.75) is 49.0 Å². The molecule has 1 aliphatic heterocycles. The Labute approximate surface area is 165 Å². The molecule has 5 fully saturated rings. The molecule has 0 spiro atoms. The summed E-state index contributed by atoms with van der Waals surface area (Å²) in [5, 5.41) is 0. The van der Waals surface area contributed by atoms with E-state index in [0.29, 0.717) is 23.5 Å². The lowest BCUT2D eigenvalue weighted by Crippen LogP contribution is -2.64. The summed E-state index contributed by atoms with van der Waals surface area (Å²) >= 11 is 3.38. The van der Waals surface area contributed by atoms with Gasteiger partial charge in [0.15, 0.2) is 0 Å². The molecule has 1 aromatic carbocycles. The zero-order chi connectivity index (χ0) is 17.9. The zero-order valence-corrected chi connectivity index (χ0v) is 17.5. The van der Waals surface area contributed by atoms with Gasteiger partial charge >= 0.3 is 0 Å². The largest absolute Gasteiger partial charge is 0.295 e. The summed E-state index contributed by atoms with van der Waals surface area (Å²) in [6.45, 7) is 3.03. The molecule has 4 saturated carbocycles. The van der Waals surface area contributed by atoms with Crippen molar-refractivity contribution in [1.82, 2.24) is 9.21 Å². The normalized spacial score (nSPS) is 38.0. The first-order chi connectivity index (χ1) is 12.4. The number of nitrogens with zero attached hydrogens (tertiary/aromatic N) is 2. The minimum absolute atomic E-state index is 0.391. The minimum Gasteiger partial charge on any atom is -0.295 e. The van der Waals surface area contributed by atoms with Crippen molar-refractivity contribution >= 4 is 26.0 Å². The predicted molar refractivity (Wildman–Crippen MR) is 105 cm³/mol. The first kappa shape index (κ1) is 17.7. The van der Waals surface area contributed by atoms with Gasteiger partial charge in [-0.1, -0.05) is 15.9 Å². The van der Waals surface area contributed by atoms with E-state index in [9.17, 15) is 8.42 Å². The summed E-state index contributed by atoms with van der Waals surface area (Å²) in [7, 11) is -3.37. The number of hydrogen-bond donors (Lipinski definition) is 0. The molecular formula is C20H27BrN2O2S. The number of benzene rings is 1. The number of hydrogen-bond acceptors (Lipinski definition) is 3. The van der Waals surface area contributed by atoms with Crippen LogP contribution in [0.2, 0.25) is 0 Å². The van der Waals surface area contributed by atoms with Crippen LogP contribution < -0.4 is 0 Å². The van der Waals surface area contributed by atoms with Gasteiger partial charge in [-0.25, -0.2) is 8.42 Å². The molecule has 0 radical (unpaired) electrons. The van der Waals surface area contributed by atoms with E-state index in [4.69, 9.17) is 0 Å². The van der Waals surface area contributed by atoms with Crippen LogP contribution in [0.5, 0.6) is 0 Å². The summed E-state index contributed by atoms with van der Waals surface area (Å²) in [6.07, 6.45) is 8.45. The predicted octanol–water partition coefficient (Wildman–Crippen LogP) is 3.72. The van der Waals surface area contributed by atoms with E-state index in [2.05, 4.69) is 20.8 Å². The Morgan fingerprint density at radius 1 is 0.846 bits per heavy atom. The standard InChI is InChI=1S/C20H27BrN2O2S/c21-18-1-3-19(4-2-18)26(24,25)23-7-5-22(6-8-23)20-12-15-9-16(13-20)11-17(10-15)14-20/h1-4,15-17H,5-14H2. The molecule has 0 unspecified atom stereocenters. The summed E-state index contributed by atoms with van der Waals surface area (Å²) in [6, 6.07) is 7.01. The lowest BCUT2D eigenvalue weighted by atomic mass is 9.52. The van der Waals surface area contributed by atoms with Crippen LogP contribution in [0, 0.1) is 17.8 Å². The molecule has 0 amide bonds. The van der Waals surface area contributed by atoms with E-state index in [1.807, 2.05) is 0 Å². The van der Waals surface area contributed by atoms with Crippen LogP contribution in [0.15, 0.2) is 33.6 Å². The fraction of sp³-hybridized carbons (Fsp3) is 0.700. The molecule has 26 heavy (non-hydrogen) atoms. The second-order valence-electron chi connectivity index (χ2n) is 8.99. The van der Waals surface area contributed by atoms with E-state index in [1.165, 1.54) is 38.5 Å². The highest BCUT2D eigenvalue weighted by Crippen LogP contribution is 2.57. The maximum absolute atomic E-state index is 12.9. The van der Waals surface area contributed by atoms with E-state index in [-0.39, 0.29) is 0 Å². The van der Waals surface area contributed by atoms with Gasteiger partial charge in [-0.3, -0.25) is 4.90 Å². The van der Waals surface area contributed by atoms with Gasteiger partial charge in [-0.15, -0.1) is 0 Å². The lowest BCUT2D eigenvalue weighted by molar-refractivity contribution is -0.0964. The lowest BCUT2D eigenvalue weighted by Gasteiger charge is -2.61. The van der Waals surface area contributed by atoms with Gasteiger partial charge in [0.1, 0.15) is 0 Å². The Kier molecular flexibility index (Phi) is 4.27. The molecule has 1 aromatic rings. The molecule has 5 aliphatic rings. The van der Waals surface area contributed by atoms with E-state index < -0.39 is 10.0 Å². The molecule has 1 saturated heterocycles. The van der Waals surface area contributed by atoms with Crippen molar-refractivity contribution < 1.29 is 8.42 Å². The zero-order valence-electron chi connectivity index (χ0n) is 15.1. The quantitative estimate of drug-likeness (QED) is 0.721. The van der Waals surface area contributed by atoms with Gasteiger partial charge in [-0.2, -0.15) is 4.31 Å². The van der Waals surface area contributed by atoms with Crippen molar-refractivity contribution in [2.24, 2.45) is 17.8 Å². The van der Waals surface area contributed by atoms with Crippen molar-refractivity contribution in [3.05, 3.63) is 28.7 Å². The topological polar surface area (TPSA) is 40.6 Å². The third kappa shape index (κ3) is 2.88. The van der Waals surface area contributed by atoms with Crippen molar-refractivity contribution in [1.29, 1.82) is 0 Å². The molecule has 142 valence electrons. The monoisotopic (exact) mass is 438 g/mol. The van der Waals surface area contributed by atoms with Crippen LogP contribution >= 0.6 is 15.9 Å². The highest BCUT2D eigenvalue weighted by molar-refractivity contribution is 9.10. The van der Waals surface area contributed by atoms with Crippen molar-refractivity contribution in [2.75, 3.05) is 26.2 Å². The molecule has 0 N–H and O–H groups in total. The van der Waals surface area contributed by atoms with Gasteiger partial charge in [0, 0.05) is 36.2 Å². The third-order valence-corrected chi connectivity index (χ3v) is 9.81. The average Bonchev–Trinajstić information content (AvgIpc) is 2.61. The van der Waals surface area contributed by atoms with Gasteiger partial charge in [-0.05, 0) is 80.5 Å². The second kappa shape index (κ2) is 6.29. The van der Waals surface area contributed by atoms with Gasteiger partial charge in [0.25, 0.3) is 0 Å². The first-order valence-corrected chi connectivity index (χ1v) is 12.2. The highest BCUT2D eigenvalue weighted by Gasteiger charge is 2.53. The van der Waals surface area contributed by atoms with Crippen LogP contribution in [0.1, 0.15) is 38.5 Å². The average molecular weight is 439 g/mol. The molecule has 1 heterocycles. The summed E-state index contributed by atoms with van der Waals surface area (Å²) in [4.78, 5) is 3.08. The van der Waals surface area contributed by atoms with Gasteiger partial charge in [0.2, 0.25) is 10.0 Å². The number of sulfonamides is 1. The molecule has 0 atom stereocenters. The number of piperazine rings is 1. The van der Waals surface area contributed by atoms with Gasteiger partial charge < -0.3 is 0 Å². The summed E-state index contributed by atoms with van der Waals surface area (Å²) in [5.41, 5.74) is 0.391. The fourth-order valence-electron chi connectivity index (χ4n) is 6.61. The highest BCUT2D eigenvalue weighted by atomic mass is 79.9. The van der Waals surface area contributed by atoms with Crippen molar-refractivity contribution in [3.8, 4) is 0 Å². The first-order valence-electron chi connectivity index (χ1n) is 9.95. The molecule has 0 aromatic heterocycles. The van der Waals surface area contributed by atoms with E-state index in [0.717, 1.165) is 35.3 Å². The maximum Gasteiger partial charge on any atom is 0.243 e. The van der Waals surface area contributed by atoms with Crippen LogP contribution in [0.4, 0.5) is 0 Å². The third-order valence-electron chi connectivity index (χ3n) is 7.37. The Bertz CT molecular complexity index is 749. The van der Waals surface area contributed by atoms with Crippen LogP contribution in [0.3, 0.4) is 0 Å². The molecule has 6 rings (SSSR count). The molecule has 4 bridgehead atoms. The second-order valence-corrected chi connectivity index (χ2v) is 11.8. The Morgan fingerprint density at radius 3 is 1.85 bits per heavy atom. The minimum atomic E-state index is -3.37. The smallest absolute Gasteiger partial charge is 0.243 e. The van der Waals surface area contributed by atoms with Crippen LogP contribution in [-0.2, 0) is 10.0 Å². The molecular weight excluding hydrogens is 412 g/mol. The number of rotatable bonds is 3. The summed E-state index contributed by atoms with van der Waals surface area (Å²) < 4.78 is 28.5. The van der Waals surface area contributed by atoms with Crippen molar-refractivity contribution in [3.63, 3.8) is 0 Å². The molecule has 4 nitrogen and oxygen atoms in total. The Morgan fingerprint density at radius 2 is 1.35 bits per heavy atom. The molecule has 4 aliphatic carbocycles. The van der Waals surface area contributed by atoms with E-state index in [1.54, 1.807) is 28.6 Å². The van der Waals surface area contributed by atoms with E-state index >= 15 is 0 Å². The summed E-state index contributed by atoms with van der Waals surface area (Å²) in [5.74, 6) is 2.81. The fourth-order valence-corrected chi connectivity index (χ4v) is 8.30.